The number of carbonyl (C=O) groups excluding carboxylic acids is 4. The molecule has 502 valence electrons. The number of methoxy groups -OCH3 is 2. The summed E-state index contributed by atoms with van der Waals surface area (Å²) in [6, 6.07) is 40.7. The van der Waals surface area contributed by atoms with Crippen LogP contribution in [0.1, 0.15) is 64.5 Å². The summed E-state index contributed by atoms with van der Waals surface area (Å²) in [5.74, 6) is -3.26. The number of hydrogen-bond donors (Lipinski definition) is 12. The molecule has 22 nitrogen and oxygen atoms in total. The molecule has 9 aromatic rings. The van der Waals surface area contributed by atoms with Crippen LogP contribution < -0.4 is 64.1 Å². The van der Waals surface area contributed by atoms with Gasteiger partial charge < -0.3 is 88.6 Å². The van der Waals surface area contributed by atoms with Crippen LogP contribution in [-0.4, -0.2) is 71.4 Å². The molecule has 0 saturated heterocycles. The minimum atomic E-state index is -1.03. The third kappa shape index (κ3) is 25.8. The van der Waals surface area contributed by atoms with E-state index >= 15 is 0 Å². The molecule has 0 aliphatic carbocycles. The number of hydrogen-bond acceptors (Lipinski definition) is 18. The maximum Gasteiger partial charge on any atom is 0.371 e. The van der Waals surface area contributed by atoms with E-state index in [0.717, 1.165) is 5.69 Å². The van der Waals surface area contributed by atoms with Crippen molar-refractivity contribution in [1.82, 2.24) is 0 Å². The molecule has 0 bridgehead atoms. The first-order chi connectivity index (χ1) is 44.8. The Morgan fingerprint density at radius 1 is 0.526 bits per heavy atom. The van der Waals surface area contributed by atoms with Gasteiger partial charge in [-0.15, -0.1) is 0 Å². The Balaban J connectivity index is 0.000000246. The Hall–Kier alpha value is -10.5. The van der Waals surface area contributed by atoms with Gasteiger partial charge in [-0.1, -0.05) is 113 Å². The minimum absolute atomic E-state index is 0.0231. The lowest BCUT2D eigenvalue weighted by Gasteiger charge is -2.19. The predicted molar refractivity (Wildman–Crippen MR) is 370 cm³/mol. The number of phenols is 2. The van der Waals surface area contributed by atoms with Gasteiger partial charge in [0, 0.05) is 43.4 Å². The van der Waals surface area contributed by atoms with Crippen LogP contribution >= 0.6 is 58.0 Å². The van der Waals surface area contributed by atoms with Gasteiger partial charge in [0.05, 0.1) is 102 Å². The minimum Gasteiger partial charge on any atom is -0.506 e. The summed E-state index contributed by atoms with van der Waals surface area (Å²) in [4.78, 5) is 55.8. The zero-order valence-electron chi connectivity index (χ0n) is 51.5. The lowest BCUT2D eigenvalue weighted by Crippen LogP contribution is -2.27. The number of carboxylic acid groups (broad SMARTS) is 1. The molecular weight excluding hydrogens is 1340 g/mol. The van der Waals surface area contributed by atoms with Crippen LogP contribution in [0.25, 0.3) is 0 Å². The number of benzene rings is 8. The highest BCUT2D eigenvalue weighted by atomic mass is 35.5. The van der Waals surface area contributed by atoms with Gasteiger partial charge in [-0.05, 0) is 105 Å². The zero-order chi connectivity index (χ0) is 70.7. The average Bonchev–Trinajstić information content (AvgIpc) is 0.984. The summed E-state index contributed by atoms with van der Waals surface area (Å²) in [5.41, 5.74) is 32.0. The van der Waals surface area contributed by atoms with Crippen molar-refractivity contribution in [3.8, 4) is 28.7 Å². The van der Waals surface area contributed by atoms with Gasteiger partial charge in [-0.2, -0.15) is 0 Å². The smallest absolute Gasteiger partial charge is 0.371 e. The molecule has 0 aliphatic rings. The Morgan fingerprint density at radius 2 is 1.02 bits per heavy atom. The summed E-state index contributed by atoms with van der Waals surface area (Å²) in [5, 5.41) is 39.4. The van der Waals surface area contributed by atoms with E-state index in [1.807, 2.05) is 18.2 Å². The number of phenolic OH excluding ortho intramolecular Hbond substituents is 2. The summed E-state index contributed by atoms with van der Waals surface area (Å²) in [6.45, 7) is 7.16. The van der Waals surface area contributed by atoms with Crippen molar-refractivity contribution in [2.75, 3.05) is 70.8 Å². The van der Waals surface area contributed by atoms with E-state index in [9.17, 15) is 43.0 Å². The lowest BCUT2D eigenvalue weighted by atomic mass is 10.2. The number of rotatable bonds is 14. The Labute approximate surface area is 569 Å². The van der Waals surface area contributed by atoms with Crippen LogP contribution in [0.2, 0.25) is 25.1 Å². The zero-order valence-corrected chi connectivity index (χ0v) is 55.2. The van der Waals surface area contributed by atoms with Gasteiger partial charge in [-0.25, -0.2) is 18.4 Å². The Kier molecular flexibility index (Phi) is 30.2. The highest BCUT2D eigenvalue weighted by molar-refractivity contribution is 6.35. The SMILES string of the molecule is CC(=O)Nc1cc(Cl)c(N)cc1O.COc1cc(NCc2ccccc2)c(N)cc1Cl.COc1cc(OCC(=O)OC(C)(C)C)c(N)cc1Cl.Nc1cc(O)c(NC(=O)c2ccccc2F)cc1Cl.Nc1ccc(NC(=O)c2ccccc2F)c(Cl)c1.O=C(O)c1ccco1. The molecule has 0 atom stereocenters. The topological polar surface area (TPSA) is 374 Å². The number of aromatic hydroxyl groups is 2. The fourth-order valence-corrected chi connectivity index (χ4v) is 8.32. The maximum absolute atomic E-state index is 13.4. The van der Waals surface area contributed by atoms with Crippen molar-refractivity contribution in [3.05, 3.63) is 223 Å². The molecule has 0 spiro atoms. The van der Waals surface area contributed by atoms with Gasteiger partial charge in [-0.3, -0.25) is 14.4 Å². The average molecular weight is 1410 g/mol. The number of nitrogens with one attached hydrogen (secondary N) is 4. The molecule has 9 rings (SSSR count). The third-order valence-electron chi connectivity index (χ3n) is 11.7. The van der Waals surface area contributed by atoms with Crippen LogP contribution in [-0.2, 0) is 20.9 Å². The quantitative estimate of drug-likeness (QED) is 0.0273. The van der Waals surface area contributed by atoms with E-state index in [1.54, 1.807) is 58.2 Å². The molecule has 95 heavy (non-hydrogen) atoms. The number of halogens is 7. The Morgan fingerprint density at radius 3 is 1.48 bits per heavy atom. The van der Waals surface area contributed by atoms with Crippen LogP contribution in [0.15, 0.2) is 168 Å². The molecule has 29 heteroatoms. The summed E-state index contributed by atoms with van der Waals surface area (Å²) >= 11 is 29.3. The second-order valence-corrected chi connectivity index (χ2v) is 22.2. The molecule has 0 unspecified atom stereocenters. The number of esters is 1. The summed E-state index contributed by atoms with van der Waals surface area (Å²) < 4.78 is 51.9. The molecule has 1 aromatic heterocycles. The number of anilines is 9. The fourth-order valence-electron chi connectivity index (χ4n) is 7.26. The van der Waals surface area contributed by atoms with E-state index in [4.69, 9.17) is 111 Å². The van der Waals surface area contributed by atoms with Crippen molar-refractivity contribution in [2.45, 2.75) is 39.8 Å². The first kappa shape index (κ1) is 77.0. The second-order valence-electron chi connectivity index (χ2n) is 20.2. The van der Waals surface area contributed by atoms with Crippen molar-refractivity contribution < 1.29 is 71.4 Å². The van der Waals surface area contributed by atoms with Crippen LogP contribution in [0.5, 0.6) is 28.7 Å². The van der Waals surface area contributed by atoms with Gasteiger partial charge in [0.15, 0.2) is 6.61 Å². The highest BCUT2D eigenvalue weighted by Crippen LogP contribution is 2.37. The lowest BCUT2D eigenvalue weighted by molar-refractivity contribution is -0.157. The number of nitrogen functional groups attached to an aromatic ring is 5. The standard InChI is InChI=1S/C14H15ClN2O.C13H10ClFN2O2.C13H10ClFN2O.C13H18ClNO4.C8H9ClN2O2.C5H4O3/c1-18-14-8-13(12(16)7-11(14)15)17-9-10-5-3-2-4-6-10;14-8-5-11(12(18)6-10(8)16)17-13(19)7-3-1-2-4-9(7)15;14-10-7-8(16)5-6-12(10)17-13(18)9-3-1-2-4-11(9)15;1-13(2,3)19-12(16)7-18-11-6-10(17-4)8(14)5-9(11)15;1-4(12)11-7-2-5(9)6(10)3-8(7)13;6-5(7)4-2-1-3-8-4/h2-8,17H,9,16H2,1H3;1-6,18H,16H2,(H,17,19);1-7H,16H2,(H,17,18);5-6H,7,15H2,1-4H3;2-3,13H,10H2,1H3,(H,11,12);1-3H,(H,6,7). The molecule has 0 radical (unpaired) electrons. The summed E-state index contributed by atoms with van der Waals surface area (Å²) in [6.07, 6.45) is 1.32. The van der Waals surface area contributed by atoms with E-state index in [0.29, 0.717) is 66.6 Å². The Bertz CT molecular complexity index is 4100. The fraction of sp³-hybridized carbons (Fsp3) is 0.136. The van der Waals surface area contributed by atoms with E-state index in [1.165, 1.54) is 123 Å². The van der Waals surface area contributed by atoms with Crippen molar-refractivity contribution in [1.29, 1.82) is 0 Å². The van der Waals surface area contributed by atoms with E-state index in [2.05, 4.69) is 37.8 Å². The molecule has 0 fully saturated rings. The van der Waals surface area contributed by atoms with E-state index < -0.39 is 41.0 Å². The third-order valence-corrected chi connectivity index (χ3v) is 13.3. The molecular formula is C66H66Cl5F2N9O13. The van der Waals surface area contributed by atoms with Gasteiger partial charge in [0.25, 0.3) is 11.8 Å². The summed E-state index contributed by atoms with van der Waals surface area (Å²) in [7, 11) is 3.06. The number of amides is 3. The molecule has 3 amide bonds. The largest absolute Gasteiger partial charge is 0.506 e. The number of ether oxygens (including phenoxy) is 4. The molecule has 17 N–H and O–H groups in total. The van der Waals surface area contributed by atoms with Crippen molar-refractivity contribution >= 4 is 139 Å². The highest BCUT2D eigenvalue weighted by Gasteiger charge is 2.19. The molecule has 0 aliphatic heterocycles. The second kappa shape index (κ2) is 37.3. The molecule has 1 heterocycles. The van der Waals surface area contributed by atoms with E-state index in [-0.39, 0.29) is 68.7 Å². The number of furan rings is 1. The van der Waals surface area contributed by atoms with Crippen molar-refractivity contribution in [3.63, 3.8) is 0 Å². The molecule has 8 aromatic carbocycles. The first-order valence-electron chi connectivity index (χ1n) is 27.5. The van der Waals surface area contributed by atoms with Gasteiger partial charge in [0.1, 0.15) is 46.0 Å². The van der Waals surface area contributed by atoms with Gasteiger partial charge >= 0.3 is 11.9 Å². The monoisotopic (exact) mass is 1410 g/mol. The number of carboxylic acids is 1. The van der Waals surface area contributed by atoms with Crippen LogP contribution in [0.4, 0.5) is 60.0 Å². The normalized spacial score (nSPS) is 10.2. The number of carbonyl (C=O) groups is 5. The maximum atomic E-state index is 13.4. The molecule has 0 saturated carbocycles. The van der Waals surface area contributed by atoms with Crippen LogP contribution in [0.3, 0.4) is 0 Å². The van der Waals surface area contributed by atoms with Gasteiger partial charge in [0.2, 0.25) is 11.7 Å². The number of nitrogens with two attached hydrogens (primary N) is 5. The van der Waals surface area contributed by atoms with Crippen LogP contribution in [0, 0.1) is 11.6 Å². The van der Waals surface area contributed by atoms with Crippen molar-refractivity contribution in [2.24, 2.45) is 0 Å². The predicted octanol–water partition coefficient (Wildman–Crippen LogP) is 15.1. The first-order valence-corrected chi connectivity index (χ1v) is 29.4. The number of aromatic carboxylic acids is 1.